The van der Waals surface area contributed by atoms with E-state index in [4.69, 9.17) is 0 Å². The molecular formula is C18H17Br2NO. The van der Waals surface area contributed by atoms with Crippen LogP contribution in [0.1, 0.15) is 18.4 Å². The molecule has 1 heterocycles. The van der Waals surface area contributed by atoms with E-state index < -0.39 is 0 Å². The Morgan fingerprint density at radius 3 is 2.23 bits per heavy atom. The number of halogens is 2. The first-order valence-electron chi connectivity index (χ1n) is 7.35. The lowest BCUT2D eigenvalue weighted by molar-refractivity contribution is -0.118. The normalized spacial score (nSPS) is 25.8. The van der Waals surface area contributed by atoms with Gasteiger partial charge in [0.15, 0.2) is 0 Å². The van der Waals surface area contributed by atoms with Crippen molar-refractivity contribution in [3.8, 4) is 0 Å². The highest BCUT2D eigenvalue weighted by Gasteiger charge is 2.41. The van der Waals surface area contributed by atoms with Crippen LogP contribution in [0.2, 0.25) is 0 Å². The average Bonchev–Trinajstić information content (AvgIpc) is 2.69. The maximum atomic E-state index is 12.6. The molecule has 2 nitrogen and oxygen atoms in total. The largest absolute Gasteiger partial charge is 0.311 e. The Morgan fingerprint density at radius 1 is 1.00 bits per heavy atom. The molecule has 0 aromatic heterocycles. The van der Waals surface area contributed by atoms with E-state index in [1.807, 2.05) is 53.4 Å². The van der Waals surface area contributed by atoms with Crippen LogP contribution >= 0.6 is 31.9 Å². The van der Waals surface area contributed by atoms with Gasteiger partial charge in [-0.05, 0) is 24.1 Å². The highest BCUT2D eigenvalue weighted by atomic mass is 79.9. The van der Waals surface area contributed by atoms with Gasteiger partial charge < -0.3 is 4.90 Å². The number of para-hydroxylation sites is 1. The quantitative estimate of drug-likeness (QED) is 0.632. The first kappa shape index (κ1) is 15.8. The highest BCUT2D eigenvalue weighted by molar-refractivity contribution is 9.12. The molecule has 1 amide bonds. The second-order valence-electron chi connectivity index (χ2n) is 5.54. The molecular weight excluding hydrogens is 406 g/mol. The van der Waals surface area contributed by atoms with Crippen molar-refractivity contribution in [3.63, 3.8) is 0 Å². The molecule has 0 radical (unpaired) electrons. The molecule has 0 bridgehead atoms. The molecule has 3 rings (SSSR count). The predicted octanol–water partition coefficient (Wildman–Crippen LogP) is 4.87. The van der Waals surface area contributed by atoms with Crippen molar-refractivity contribution in [1.29, 1.82) is 0 Å². The van der Waals surface area contributed by atoms with Gasteiger partial charge in [0.25, 0.3) is 0 Å². The summed E-state index contributed by atoms with van der Waals surface area (Å²) in [6.07, 6.45) is 1.30. The molecule has 0 spiro atoms. The van der Waals surface area contributed by atoms with Crippen LogP contribution in [0.4, 0.5) is 5.69 Å². The number of benzene rings is 2. The molecule has 0 N–H and O–H groups in total. The number of nitrogens with zero attached hydrogens (tertiary/aromatic N) is 1. The second-order valence-corrected chi connectivity index (χ2v) is 8.06. The summed E-state index contributed by atoms with van der Waals surface area (Å²) in [5, 5.41) is 0. The molecule has 22 heavy (non-hydrogen) atoms. The van der Waals surface area contributed by atoms with Gasteiger partial charge in [0.1, 0.15) is 0 Å². The summed E-state index contributed by atoms with van der Waals surface area (Å²) in [4.78, 5) is 14.6. The second kappa shape index (κ2) is 6.55. The molecule has 114 valence electrons. The van der Waals surface area contributed by atoms with Crippen LogP contribution in [0.3, 0.4) is 0 Å². The van der Waals surface area contributed by atoms with Crippen LogP contribution in [0.5, 0.6) is 0 Å². The summed E-state index contributed by atoms with van der Waals surface area (Å²) in [5.41, 5.74) is 2.17. The predicted molar refractivity (Wildman–Crippen MR) is 97.8 cm³/mol. The third kappa shape index (κ3) is 2.99. The van der Waals surface area contributed by atoms with Crippen molar-refractivity contribution in [1.82, 2.24) is 0 Å². The van der Waals surface area contributed by atoms with Gasteiger partial charge in [-0.15, -0.1) is 0 Å². The van der Waals surface area contributed by atoms with Gasteiger partial charge >= 0.3 is 0 Å². The van der Waals surface area contributed by atoms with E-state index in [9.17, 15) is 4.79 Å². The minimum absolute atomic E-state index is 0.133. The van der Waals surface area contributed by atoms with Crippen molar-refractivity contribution in [3.05, 3.63) is 66.2 Å². The van der Waals surface area contributed by atoms with Crippen molar-refractivity contribution >= 4 is 43.5 Å². The van der Waals surface area contributed by atoms with Crippen molar-refractivity contribution in [2.24, 2.45) is 0 Å². The van der Waals surface area contributed by atoms with E-state index in [1.165, 1.54) is 5.56 Å². The van der Waals surface area contributed by atoms with Gasteiger partial charge in [0, 0.05) is 18.7 Å². The van der Waals surface area contributed by atoms with Crippen LogP contribution in [0, 0.1) is 0 Å². The Balaban J connectivity index is 1.92. The summed E-state index contributed by atoms with van der Waals surface area (Å²) in [7, 11) is 0. The number of amides is 1. The summed E-state index contributed by atoms with van der Waals surface area (Å²) in [6.45, 7) is 0.642. The van der Waals surface area contributed by atoms with Gasteiger partial charge in [0.2, 0.25) is 5.91 Å². The lowest BCUT2D eigenvalue weighted by Gasteiger charge is -2.32. The topological polar surface area (TPSA) is 20.3 Å². The molecule has 1 fully saturated rings. The molecule has 1 aliphatic heterocycles. The third-order valence-electron chi connectivity index (χ3n) is 4.16. The fourth-order valence-corrected chi connectivity index (χ4v) is 4.28. The molecule has 0 aliphatic carbocycles. The van der Waals surface area contributed by atoms with Crippen molar-refractivity contribution < 1.29 is 4.79 Å². The molecule has 2 aromatic rings. The Labute approximate surface area is 147 Å². The number of alkyl halides is 2. The Morgan fingerprint density at radius 2 is 1.59 bits per heavy atom. The standard InChI is InChI=1S/C18H17Br2NO/c19-16-13-21(15-9-5-2-6-10-15)17(22)11-12-18(16,20)14-7-3-1-4-8-14/h1-10,16H,11-13H2/t16-,18+/m0/s1. The summed E-state index contributed by atoms with van der Waals surface area (Å²) >= 11 is 7.74. The van der Waals surface area contributed by atoms with E-state index in [2.05, 4.69) is 44.0 Å². The molecule has 1 aliphatic rings. The van der Waals surface area contributed by atoms with Gasteiger partial charge in [-0.2, -0.15) is 0 Å². The van der Waals surface area contributed by atoms with Gasteiger partial charge in [-0.25, -0.2) is 0 Å². The van der Waals surface area contributed by atoms with E-state index >= 15 is 0 Å². The highest BCUT2D eigenvalue weighted by Crippen LogP contribution is 2.45. The Bertz CT molecular complexity index is 647. The number of hydrogen-bond acceptors (Lipinski definition) is 1. The summed E-state index contributed by atoms with van der Waals surface area (Å²) in [6, 6.07) is 20.2. The van der Waals surface area contributed by atoms with Crippen molar-refractivity contribution in [2.45, 2.75) is 22.0 Å². The smallest absolute Gasteiger partial charge is 0.227 e. The lowest BCUT2D eigenvalue weighted by atomic mass is 9.91. The van der Waals surface area contributed by atoms with Crippen molar-refractivity contribution in [2.75, 3.05) is 11.4 Å². The fourth-order valence-electron chi connectivity index (χ4n) is 2.88. The number of anilines is 1. The van der Waals surface area contributed by atoms with Crippen LogP contribution in [-0.2, 0) is 9.12 Å². The molecule has 1 saturated heterocycles. The number of rotatable bonds is 2. The van der Waals surface area contributed by atoms with E-state index in [0.717, 1.165) is 12.1 Å². The third-order valence-corrected chi connectivity index (χ3v) is 7.26. The molecule has 0 unspecified atom stereocenters. The zero-order chi connectivity index (χ0) is 15.6. The van der Waals surface area contributed by atoms with Gasteiger partial charge in [-0.3, -0.25) is 4.79 Å². The summed E-state index contributed by atoms with van der Waals surface area (Å²) < 4.78 is -0.229. The molecule has 4 heteroatoms. The Kier molecular flexibility index (Phi) is 4.69. The zero-order valence-corrected chi connectivity index (χ0v) is 15.3. The first-order valence-corrected chi connectivity index (χ1v) is 9.06. The van der Waals surface area contributed by atoms with E-state index in [-0.39, 0.29) is 15.1 Å². The SMILES string of the molecule is O=C1CC[C@@](Br)(c2ccccc2)[C@@H](Br)CN1c1ccccc1. The van der Waals surface area contributed by atoms with Gasteiger partial charge in [-0.1, -0.05) is 80.4 Å². The monoisotopic (exact) mass is 421 g/mol. The average molecular weight is 423 g/mol. The zero-order valence-electron chi connectivity index (χ0n) is 12.1. The maximum Gasteiger partial charge on any atom is 0.227 e. The Hall–Kier alpha value is -1.13. The van der Waals surface area contributed by atoms with E-state index in [0.29, 0.717) is 13.0 Å². The molecule has 0 saturated carbocycles. The number of hydrogen-bond donors (Lipinski definition) is 0. The summed E-state index contributed by atoms with van der Waals surface area (Å²) in [5.74, 6) is 0.174. The van der Waals surface area contributed by atoms with E-state index in [1.54, 1.807) is 0 Å². The number of carbonyl (C=O) groups excluding carboxylic acids is 1. The number of carbonyl (C=O) groups is 1. The van der Waals surface area contributed by atoms with Crippen LogP contribution in [0.25, 0.3) is 0 Å². The van der Waals surface area contributed by atoms with Crippen LogP contribution in [0.15, 0.2) is 60.7 Å². The maximum absolute atomic E-state index is 12.6. The molecule has 2 atom stereocenters. The van der Waals surface area contributed by atoms with Crippen LogP contribution in [-0.4, -0.2) is 17.3 Å². The lowest BCUT2D eigenvalue weighted by Crippen LogP contribution is -2.38. The fraction of sp³-hybridized carbons (Fsp3) is 0.278. The molecule has 2 aromatic carbocycles. The van der Waals surface area contributed by atoms with Crippen LogP contribution < -0.4 is 4.90 Å². The first-order chi connectivity index (χ1) is 10.6. The minimum Gasteiger partial charge on any atom is -0.311 e. The van der Waals surface area contributed by atoms with Gasteiger partial charge in [0.05, 0.1) is 9.15 Å². The minimum atomic E-state index is -0.229.